The van der Waals surface area contributed by atoms with Gasteiger partial charge in [0, 0.05) is 34.5 Å². The molecule has 0 bridgehead atoms. The monoisotopic (exact) mass is 357 g/mol. The van der Waals surface area contributed by atoms with E-state index in [1.54, 1.807) is 6.07 Å². The van der Waals surface area contributed by atoms with Crippen LogP contribution < -0.4 is 10.6 Å². The lowest BCUT2D eigenvalue weighted by Gasteiger charge is -2.13. The average molecular weight is 357 g/mol. The van der Waals surface area contributed by atoms with Crippen LogP contribution in [0, 0.1) is 10.1 Å². The Morgan fingerprint density at radius 1 is 1.28 bits per heavy atom. The second-order valence-electron chi connectivity index (χ2n) is 5.86. The number of benzene rings is 2. The van der Waals surface area contributed by atoms with Gasteiger partial charge in [0.05, 0.1) is 10.5 Å². The van der Waals surface area contributed by atoms with Gasteiger partial charge in [-0.2, -0.15) is 0 Å². The summed E-state index contributed by atoms with van der Waals surface area (Å²) in [6.45, 7) is 1.49. The normalized spacial score (nSPS) is 16.6. The van der Waals surface area contributed by atoms with Crippen LogP contribution >= 0.6 is 11.8 Å². The Labute approximate surface area is 150 Å². The number of nitrogens with zero attached hydrogens (tertiary/aromatic N) is 1. The second-order valence-corrected chi connectivity index (χ2v) is 6.97. The fourth-order valence-corrected chi connectivity index (χ4v) is 3.70. The summed E-state index contributed by atoms with van der Waals surface area (Å²) in [5.41, 5.74) is 0.252. The summed E-state index contributed by atoms with van der Waals surface area (Å²) in [6, 6.07) is 14.3. The summed E-state index contributed by atoms with van der Waals surface area (Å²) in [5.74, 6) is -0.282. The third-order valence-corrected chi connectivity index (χ3v) is 5.14. The summed E-state index contributed by atoms with van der Waals surface area (Å²) in [4.78, 5) is 24.9. The molecule has 1 aliphatic heterocycles. The van der Waals surface area contributed by atoms with Crippen LogP contribution in [0.3, 0.4) is 0 Å². The molecule has 0 aliphatic carbocycles. The van der Waals surface area contributed by atoms with Crippen LogP contribution in [0.5, 0.6) is 0 Å². The van der Waals surface area contributed by atoms with Crippen molar-refractivity contribution >= 4 is 23.4 Å². The molecule has 2 aromatic rings. The van der Waals surface area contributed by atoms with E-state index in [1.165, 1.54) is 23.9 Å². The quantitative estimate of drug-likeness (QED) is 0.612. The van der Waals surface area contributed by atoms with Gasteiger partial charge in [-0.1, -0.05) is 30.0 Å². The highest BCUT2D eigenvalue weighted by Gasteiger charge is 2.20. The van der Waals surface area contributed by atoms with E-state index in [2.05, 4.69) is 10.6 Å². The second kappa shape index (κ2) is 8.13. The van der Waals surface area contributed by atoms with Gasteiger partial charge < -0.3 is 10.6 Å². The van der Waals surface area contributed by atoms with E-state index < -0.39 is 4.92 Å². The maximum atomic E-state index is 12.6. The van der Waals surface area contributed by atoms with Crippen LogP contribution in [0.15, 0.2) is 58.3 Å². The highest BCUT2D eigenvalue weighted by Crippen LogP contribution is 2.32. The number of carbonyl (C=O) groups is 1. The SMILES string of the molecule is O=C(NCC1CCCN1)c1cc([N+](=O)[O-])ccc1Sc1ccccc1. The zero-order valence-corrected chi connectivity index (χ0v) is 14.4. The van der Waals surface area contributed by atoms with E-state index in [1.807, 2.05) is 30.3 Å². The summed E-state index contributed by atoms with van der Waals surface area (Å²) < 4.78 is 0. The molecule has 130 valence electrons. The lowest BCUT2D eigenvalue weighted by molar-refractivity contribution is -0.384. The number of nitrogens with one attached hydrogen (secondary N) is 2. The molecule has 1 unspecified atom stereocenters. The fraction of sp³-hybridized carbons (Fsp3) is 0.278. The van der Waals surface area contributed by atoms with Crippen molar-refractivity contribution < 1.29 is 9.72 Å². The largest absolute Gasteiger partial charge is 0.350 e. The number of hydrogen-bond acceptors (Lipinski definition) is 5. The first kappa shape index (κ1) is 17.4. The van der Waals surface area contributed by atoms with E-state index in [9.17, 15) is 14.9 Å². The minimum atomic E-state index is -0.480. The maximum absolute atomic E-state index is 12.6. The van der Waals surface area contributed by atoms with E-state index in [0.29, 0.717) is 17.0 Å². The molecule has 1 saturated heterocycles. The third-order valence-electron chi connectivity index (χ3n) is 4.06. The van der Waals surface area contributed by atoms with E-state index in [4.69, 9.17) is 0 Å². The van der Waals surface area contributed by atoms with Crippen LogP contribution in [-0.4, -0.2) is 30.0 Å². The summed E-state index contributed by atoms with van der Waals surface area (Å²) in [6.07, 6.45) is 2.13. The minimum absolute atomic E-state index is 0.0819. The zero-order valence-electron chi connectivity index (χ0n) is 13.6. The minimum Gasteiger partial charge on any atom is -0.350 e. The Morgan fingerprint density at radius 3 is 2.76 bits per heavy atom. The van der Waals surface area contributed by atoms with Crippen molar-refractivity contribution in [3.05, 3.63) is 64.2 Å². The molecule has 7 heteroatoms. The number of non-ortho nitro benzene ring substituents is 1. The average Bonchev–Trinajstić information content (AvgIpc) is 3.14. The molecule has 1 aliphatic rings. The highest BCUT2D eigenvalue weighted by atomic mass is 32.2. The van der Waals surface area contributed by atoms with Gasteiger partial charge in [-0.05, 0) is 37.6 Å². The molecule has 1 heterocycles. The lowest BCUT2D eigenvalue weighted by atomic mass is 10.1. The molecule has 6 nitrogen and oxygen atoms in total. The molecule has 0 aromatic heterocycles. The molecular formula is C18H19N3O3S. The van der Waals surface area contributed by atoms with Gasteiger partial charge >= 0.3 is 0 Å². The summed E-state index contributed by atoms with van der Waals surface area (Å²) in [5, 5.41) is 17.3. The number of nitro groups is 1. The first-order chi connectivity index (χ1) is 12.1. The number of rotatable bonds is 6. The Kier molecular flexibility index (Phi) is 5.67. The van der Waals surface area contributed by atoms with Crippen molar-refractivity contribution in [1.82, 2.24) is 10.6 Å². The molecule has 2 N–H and O–H groups in total. The third kappa shape index (κ3) is 4.58. The molecule has 0 saturated carbocycles. The van der Waals surface area contributed by atoms with Crippen molar-refractivity contribution in [1.29, 1.82) is 0 Å². The smallest absolute Gasteiger partial charge is 0.270 e. The van der Waals surface area contributed by atoms with Crippen molar-refractivity contribution in [3.63, 3.8) is 0 Å². The highest BCUT2D eigenvalue weighted by molar-refractivity contribution is 7.99. The number of carbonyl (C=O) groups excluding carboxylic acids is 1. The Bertz CT molecular complexity index is 761. The molecule has 3 rings (SSSR count). The number of hydrogen-bond donors (Lipinski definition) is 2. The molecule has 25 heavy (non-hydrogen) atoms. The first-order valence-electron chi connectivity index (χ1n) is 8.16. The molecule has 2 aromatic carbocycles. The van der Waals surface area contributed by atoms with Crippen LogP contribution in [0.4, 0.5) is 5.69 Å². The van der Waals surface area contributed by atoms with E-state index in [-0.39, 0.29) is 17.6 Å². The predicted octanol–water partition coefficient (Wildman–Crippen LogP) is 3.23. The molecule has 1 fully saturated rings. The Hall–Kier alpha value is -2.38. The Balaban J connectivity index is 1.81. The fourth-order valence-electron chi connectivity index (χ4n) is 2.76. The molecule has 1 amide bonds. The van der Waals surface area contributed by atoms with Gasteiger partial charge in [-0.15, -0.1) is 0 Å². The number of amides is 1. The van der Waals surface area contributed by atoms with Crippen LogP contribution in [0.25, 0.3) is 0 Å². The van der Waals surface area contributed by atoms with Gasteiger partial charge in [0.15, 0.2) is 0 Å². The van der Waals surface area contributed by atoms with Gasteiger partial charge in [0.2, 0.25) is 0 Å². The summed E-state index contributed by atoms with van der Waals surface area (Å²) in [7, 11) is 0. The standard InChI is InChI=1S/C18H19N3O3S/c22-18(20-12-13-5-4-10-19-13)16-11-14(21(23)24)8-9-17(16)25-15-6-2-1-3-7-15/h1-3,6-9,11,13,19H,4-5,10,12H2,(H,20,22). The molecular weight excluding hydrogens is 338 g/mol. The Morgan fingerprint density at radius 2 is 2.08 bits per heavy atom. The van der Waals surface area contributed by atoms with Crippen molar-refractivity contribution in [2.24, 2.45) is 0 Å². The predicted molar refractivity (Wildman–Crippen MR) is 97.0 cm³/mol. The van der Waals surface area contributed by atoms with Crippen molar-refractivity contribution in [2.45, 2.75) is 28.7 Å². The summed E-state index contributed by atoms with van der Waals surface area (Å²) >= 11 is 1.42. The molecule has 0 radical (unpaired) electrons. The van der Waals surface area contributed by atoms with E-state index >= 15 is 0 Å². The van der Waals surface area contributed by atoms with E-state index in [0.717, 1.165) is 24.3 Å². The zero-order chi connectivity index (χ0) is 17.6. The van der Waals surface area contributed by atoms with Gasteiger partial charge in [-0.25, -0.2) is 0 Å². The van der Waals surface area contributed by atoms with Gasteiger partial charge in [0.1, 0.15) is 0 Å². The van der Waals surface area contributed by atoms with Crippen molar-refractivity contribution in [3.8, 4) is 0 Å². The lowest BCUT2D eigenvalue weighted by Crippen LogP contribution is -2.37. The van der Waals surface area contributed by atoms with Crippen LogP contribution in [0.1, 0.15) is 23.2 Å². The van der Waals surface area contributed by atoms with Crippen molar-refractivity contribution in [2.75, 3.05) is 13.1 Å². The topological polar surface area (TPSA) is 84.3 Å². The molecule has 0 spiro atoms. The van der Waals surface area contributed by atoms with Gasteiger partial charge in [-0.3, -0.25) is 14.9 Å². The number of nitro benzene ring substituents is 1. The van der Waals surface area contributed by atoms with Crippen LogP contribution in [0.2, 0.25) is 0 Å². The maximum Gasteiger partial charge on any atom is 0.270 e. The molecule has 1 atom stereocenters. The first-order valence-corrected chi connectivity index (χ1v) is 8.98. The van der Waals surface area contributed by atoms with Crippen LogP contribution in [-0.2, 0) is 0 Å². The van der Waals surface area contributed by atoms with Gasteiger partial charge in [0.25, 0.3) is 11.6 Å².